The van der Waals surface area contributed by atoms with Gasteiger partial charge in [0.25, 0.3) is 0 Å². The molecule has 3 nitrogen and oxygen atoms in total. The number of hydrogen-bond acceptors (Lipinski definition) is 3. The van der Waals surface area contributed by atoms with Crippen molar-refractivity contribution in [3.05, 3.63) is 108 Å². The van der Waals surface area contributed by atoms with Crippen LogP contribution >= 0.6 is 0 Å². The van der Waals surface area contributed by atoms with E-state index < -0.39 is 11.6 Å². The van der Waals surface area contributed by atoms with Gasteiger partial charge in [-0.15, -0.1) is 0 Å². The Bertz CT molecular complexity index is 689. The Morgan fingerprint density at radius 3 is 1.33 bits per heavy atom. The lowest BCUT2D eigenvalue weighted by molar-refractivity contribution is -0.151. The number of hydrogen-bond donors (Lipinski definition) is 1. The first kappa shape index (κ1) is 16.0. The molecule has 0 heterocycles. The summed E-state index contributed by atoms with van der Waals surface area (Å²) in [5, 5.41) is 0. The van der Waals surface area contributed by atoms with Crippen LogP contribution in [0.15, 0.2) is 91.0 Å². The Morgan fingerprint density at radius 2 is 1.04 bits per heavy atom. The van der Waals surface area contributed by atoms with Crippen LogP contribution in [0.1, 0.15) is 16.7 Å². The standard InChI is InChI=1S/C21H19NO2/c22-16-20(23)24-21(17-10-4-1-5-11-17,18-12-6-2-7-13-18)19-14-8-3-9-15-19/h1-15H,16,22H2. The maximum Gasteiger partial charge on any atom is 0.321 e. The van der Waals surface area contributed by atoms with Gasteiger partial charge in [0.2, 0.25) is 0 Å². The van der Waals surface area contributed by atoms with Crippen molar-refractivity contribution in [3.8, 4) is 0 Å². The summed E-state index contributed by atoms with van der Waals surface area (Å²) in [6.45, 7) is -0.172. The molecule has 0 saturated carbocycles. The van der Waals surface area contributed by atoms with Crippen LogP contribution in [0.25, 0.3) is 0 Å². The van der Waals surface area contributed by atoms with Crippen molar-refractivity contribution < 1.29 is 9.53 Å². The average molecular weight is 317 g/mol. The number of benzene rings is 3. The van der Waals surface area contributed by atoms with Crippen LogP contribution in [-0.2, 0) is 15.1 Å². The highest BCUT2D eigenvalue weighted by molar-refractivity contribution is 5.73. The summed E-state index contributed by atoms with van der Waals surface area (Å²) in [5.41, 5.74) is 7.15. The largest absolute Gasteiger partial charge is 0.443 e. The predicted octanol–water partition coefficient (Wildman–Crippen LogP) is 3.48. The zero-order valence-electron chi connectivity index (χ0n) is 13.3. The van der Waals surface area contributed by atoms with E-state index in [0.717, 1.165) is 16.7 Å². The van der Waals surface area contributed by atoms with E-state index in [1.165, 1.54) is 0 Å². The molecule has 0 aliphatic carbocycles. The van der Waals surface area contributed by atoms with Crippen molar-refractivity contribution in [2.45, 2.75) is 5.60 Å². The molecule has 2 N–H and O–H groups in total. The number of esters is 1. The second-order valence-electron chi connectivity index (χ2n) is 5.46. The summed E-state index contributed by atoms with van der Waals surface area (Å²) in [4.78, 5) is 12.2. The SMILES string of the molecule is NCC(=O)OC(c1ccccc1)(c1ccccc1)c1ccccc1. The fourth-order valence-corrected chi connectivity index (χ4v) is 2.91. The molecule has 0 aliphatic heterocycles. The van der Waals surface area contributed by atoms with Crippen LogP contribution in [0.5, 0.6) is 0 Å². The Morgan fingerprint density at radius 1 is 0.708 bits per heavy atom. The molecule has 3 heteroatoms. The van der Waals surface area contributed by atoms with Gasteiger partial charge in [-0.25, -0.2) is 0 Å². The summed E-state index contributed by atoms with van der Waals surface area (Å²) in [7, 11) is 0. The topological polar surface area (TPSA) is 52.3 Å². The molecular formula is C21H19NO2. The predicted molar refractivity (Wildman–Crippen MR) is 94.4 cm³/mol. The van der Waals surface area contributed by atoms with E-state index in [2.05, 4.69) is 0 Å². The summed E-state index contributed by atoms with van der Waals surface area (Å²) in [6, 6.07) is 29.2. The van der Waals surface area contributed by atoms with Crippen LogP contribution in [0.4, 0.5) is 0 Å². The van der Waals surface area contributed by atoms with Crippen molar-refractivity contribution in [2.24, 2.45) is 5.73 Å². The molecule has 3 aromatic carbocycles. The molecule has 0 spiro atoms. The van der Waals surface area contributed by atoms with Crippen LogP contribution in [-0.4, -0.2) is 12.5 Å². The monoisotopic (exact) mass is 317 g/mol. The lowest BCUT2D eigenvalue weighted by Gasteiger charge is -2.35. The van der Waals surface area contributed by atoms with Crippen molar-refractivity contribution in [1.29, 1.82) is 0 Å². The second kappa shape index (κ2) is 7.11. The van der Waals surface area contributed by atoms with E-state index in [-0.39, 0.29) is 6.54 Å². The number of ether oxygens (including phenoxy) is 1. The first-order valence-corrected chi connectivity index (χ1v) is 7.86. The van der Waals surface area contributed by atoms with Gasteiger partial charge < -0.3 is 10.5 Å². The molecule has 120 valence electrons. The lowest BCUT2D eigenvalue weighted by atomic mass is 9.80. The summed E-state index contributed by atoms with van der Waals surface area (Å²) in [5.74, 6) is -0.452. The number of carbonyl (C=O) groups is 1. The molecule has 0 bridgehead atoms. The maximum atomic E-state index is 12.2. The fraction of sp³-hybridized carbons (Fsp3) is 0.0952. The van der Waals surface area contributed by atoms with Crippen molar-refractivity contribution in [2.75, 3.05) is 6.54 Å². The molecule has 0 aromatic heterocycles. The lowest BCUT2D eigenvalue weighted by Crippen LogP contribution is -2.37. The zero-order valence-corrected chi connectivity index (χ0v) is 13.3. The molecule has 0 saturated heterocycles. The van der Waals surface area contributed by atoms with E-state index in [1.807, 2.05) is 91.0 Å². The highest BCUT2D eigenvalue weighted by atomic mass is 16.6. The van der Waals surface area contributed by atoms with Gasteiger partial charge in [-0.3, -0.25) is 4.79 Å². The number of rotatable bonds is 5. The summed E-state index contributed by atoms with van der Waals surface area (Å²) in [6.07, 6.45) is 0. The molecule has 24 heavy (non-hydrogen) atoms. The van der Waals surface area contributed by atoms with Gasteiger partial charge >= 0.3 is 5.97 Å². The minimum atomic E-state index is -1.03. The van der Waals surface area contributed by atoms with Crippen LogP contribution in [0, 0.1) is 0 Å². The van der Waals surface area contributed by atoms with Gasteiger partial charge in [-0.1, -0.05) is 91.0 Å². The summed E-state index contributed by atoms with van der Waals surface area (Å²) >= 11 is 0. The average Bonchev–Trinajstić information content (AvgIpc) is 2.68. The third kappa shape index (κ3) is 2.94. The van der Waals surface area contributed by atoms with E-state index in [0.29, 0.717) is 0 Å². The molecular weight excluding hydrogens is 298 g/mol. The van der Waals surface area contributed by atoms with Crippen molar-refractivity contribution in [1.82, 2.24) is 0 Å². The van der Waals surface area contributed by atoms with Crippen molar-refractivity contribution in [3.63, 3.8) is 0 Å². The van der Waals surface area contributed by atoms with Crippen LogP contribution in [0.2, 0.25) is 0 Å². The Labute approximate surface area is 141 Å². The van der Waals surface area contributed by atoms with E-state index >= 15 is 0 Å². The van der Waals surface area contributed by atoms with Gasteiger partial charge in [0.05, 0.1) is 6.54 Å². The van der Waals surface area contributed by atoms with E-state index in [9.17, 15) is 4.79 Å². The van der Waals surface area contributed by atoms with E-state index in [1.54, 1.807) is 0 Å². The summed E-state index contributed by atoms with van der Waals surface area (Å²) < 4.78 is 5.98. The van der Waals surface area contributed by atoms with Gasteiger partial charge in [0, 0.05) is 16.7 Å². The van der Waals surface area contributed by atoms with Crippen LogP contribution in [0.3, 0.4) is 0 Å². The zero-order chi connectivity index (χ0) is 16.8. The Balaban J connectivity index is 2.30. The Kier molecular flexibility index (Phi) is 4.73. The smallest absolute Gasteiger partial charge is 0.321 e. The van der Waals surface area contributed by atoms with Crippen LogP contribution < -0.4 is 5.73 Å². The third-order valence-corrected chi connectivity index (χ3v) is 3.97. The Hall–Kier alpha value is -2.91. The molecule has 3 aromatic rings. The normalized spacial score (nSPS) is 11.0. The first-order chi connectivity index (χ1) is 11.8. The quantitative estimate of drug-likeness (QED) is 0.579. The minimum absolute atomic E-state index is 0.172. The second-order valence-corrected chi connectivity index (χ2v) is 5.46. The number of carbonyl (C=O) groups excluding carboxylic acids is 1. The third-order valence-electron chi connectivity index (χ3n) is 3.97. The van der Waals surface area contributed by atoms with Gasteiger partial charge in [0.1, 0.15) is 0 Å². The van der Waals surface area contributed by atoms with Gasteiger partial charge in [-0.2, -0.15) is 0 Å². The highest BCUT2D eigenvalue weighted by Crippen LogP contribution is 2.40. The molecule has 0 unspecified atom stereocenters. The molecule has 0 fully saturated rings. The molecule has 0 amide bonds. The highest BCUT2D eigenvalue weighted by Gasteiger charge is 2.40. The van der Waals surface area contributed by atoms with Gasteiger partial charge in [-0.05, 0) is 0 Å². The minimum Gasteiger partial charge on any atom is -0.443 e. The number of nitrogens with two attached hydrogens (primary N) is 1. The first-order valence-electron chi connectivity index (χ1n) is 7.86. The molecule has 0 atom stereocenters. The van der Waals surface area contributed by atoms with E-state index in [4.69, 9.17) is 10.5 Å². The molecule has 0 radical (unpaired) electrons. The fourth-order valence-electron chi connectivity index (χ4n) is 2.91. The molecule has 0 aliphatic rings. The maximum absolute atomic E-state index is 12.2. The van der Waals surface area contributed by atoms with Crippen molar-refractivity contribution >= 4 is 5.97 Å². The van der Waals surface area contributed by atoms with Gasteiger partial charge in [0.15, 0.2) is 5.60 Å². The molecule has 3 rings (SSSR count).